The van der Waals surface area contributed by atoms with Gasteiger partial charge in [-0.25, -0.2) is 16.8 Å². The molecule has 1 unspecified atom stereocenters. The molecule has 1 heterocycles. The third-order valence-electron chi connectivity index (χ3n) is 3.34. The van der Waals surface area contributed by atoms with Gasteiger partial charge in [0.25, 0.3) is 0 Å². The van der Waals surface area contributed by atoms with Crippen LogP contribution >= 0.6 is 10.7 Å². The standard InChI is InChI=1S/C14H18N2O3S.CH3ClO2S/c1-3-14(20(2,18)19)16-9-10(8-13(15)17)11-6-4-5-7-12(11)16;1-5(2,3)4/h4-7,9,14H,3,8H2,1-2H3,(H2,15,17);1H3. The minimum absolute atomic E-state index is 0.105. The van der Waals surface area contributed by atoms with Crippen molar-refractivity contribution in [2.45, 2.75) is 25.1 Å². The topological polar surface area (TPSA) is 116 Å². The van der Waals surface area contributed by atoms with Crippen LogP contribution < -0.4 is 5.73 Å². The molecular formula is C15H21ClN2O5S2. The number of amides is 1. The Morgan fingerprint density at radius 3 is 2.16 bits per heavy atom. The van der Waals surface area contributed by atoms with Crippen LogP contribution in [0.2, 0.25) is 0 Å². The van der Waals surface area contributed by atoms with Gasteiger partial charge in [-0.2, -0.15) is 0 Å². The fourth-order valence-electron chi connectivity index (χ4n) is 2.55. The molecule has 25 heavy (non-hydrogen) atoms. The Kier molecular flexibility index (Phi) is 7.04. The van der Waals surface area contributed by atoms with Crippen molar-refractivity contribution >= 4 is 46.4 Å². The van der Waals surface area contributed by atoms with Crippen molar-refractivity contribution in [2.24, 2.45) is 5.73 Å². The van der Waals surface area contributed by atoms with Crippen LogP contribution in [-0.4, -0.2) is 39.8 Å². The van der Waals surface area contributed by atoms with Crippen LogP contribution in [0.1, 0.15) is 24.3 Å². The summed E-state index contributed by atoms with van der Waals surface area (Å²) in [6.45, 7) is 1.83. The summed E-state index contributed by atoms with van der Waals surface area (Å²) in [5, 5.41) is 0.238. The molecule has 10 heteroatoms. The van der Waals surface area contributed by atoms with E-state index in [9.17, 15) is 21.6 Å². The van der Waals surface area contributed by atoms with Crippen LogP contribution in [0.25, 0.3) is 10.9 Å². The first kappa shape index (κ1) is 21.5. The Morgan fingerprint density at radius 1 is 1.20 bits per heavy atom. The summed E-state index contributed by atoms with van der Waals surface area (Å²) < 4.78 is 44.4. The Hall–Kier alpha value is -1.58. The number of aromatic nitrogens is 1. The quantitative estimate of drug-likeness (QED) is 0.757. The lowest BCUT2D eigenvalue weighted by atomic mass is 10.1. The summed E-state index contributed by atoms with van der Waals surface area (Å²) in [4.78, 5) is 11.2. The van der Waals surface area contributed by atoms with Gasteiger partial charge in [-0.3, -0.25) is 4.79 Å². The number of rotatable bonds is 5. The van der Waals surface area contributed by atoms with E-state index in [1.54, 1.807) is 10.8 Å². The van der Waals surface area contributed by atoms with Crippen LogP contribution in [-0.2, 0) is 30.1 Å². The molecular weight excluding hydrogens is 388 g/mol. The summed E-state index contributed by atoms with van der Waals surface area (Å²) in [6.07, 6.45) is 4.45. The SMILES string of the molecule is CCC(n1cc(CC(N)=O)c2ccccc21)S(C)(=O)=O.CS(=O)(=O)Cl. The minimum Gasteiger partial charge on any atom is -0.369 e. The van der Waals surface area contributed by atoms with Gasteiger partial charge in [-0.1, -0.05) is 25.1 Å². The van der Waals surface area contributed by atoms with E-state index in [0.717, 1.165) is 22.7 Å². The number of fused-ring (bicyclic) bond motifs is 1. The summed E-state index contributed by atoms with van der Waals surface area (Å²) >= 11 is 0. The molecule has 0 bridgehead atoms. The van der Waals surface area contributed by atoms with Crippen LogP contribution in [0.15, 0.2) is 30.5 Å². The number of hydrogen-bond donors (Lipinski definition) is 1. The average molecular weight is 409 g/mol. The fraction of sp³-hybridized carbons (Fsp3) is 0.400. The molecule has 2 rings (SSSR count). The smallest absolute Gasteiger partial charge is 0.229 e. The molecule has 1 aromatic carbocycles. The van der Waals surface area contributed by atoms with Crippen LogP contribution in [0.5, 0.6) is 0 Å². The fourth-order valence-corrected chi connectivity index (χ4v) is 3.74. The number of nitrogens with two attached hydrogens (primary N) is 1. The monoisotopic (exact) mass is 408 g/mol. The second kappa shape index (κ2) is 8.20. The number of carbonyl (C=O) groups is 1. The Morgan fingerprint density at radius 2 is 1.72 bits per heavy atom. The van der Waals surface area contributed by atoms with E-state index in [1.165, 1.54) is 6.26 Å². The van der Waals surface area contributed by atoms with E-state index in [1.807, 2.05) is 31.2 Å². The molecule has 1 atom stereocenters. The molecule has 2 N–H and O–H groups in total. The molecule has 0 saturated carbocycles. The van der Waals surface area contributed by atoms with Gasteiger partial charge in [0.05, 0.1) is 12.7 Å². The van der Waals surface area contributed by atoms with Crippen molar-refractivity contribution in [3.8, 4) is 0 Å². The summed E-state index contributed by atoms with van der Waals surface area (Å²) in [6, 6.07) is 7.44. The molecule has 2 aromatic rings. The van der Waals surface area contributed by atoms with Crippen molar-refractivity contribution < 1.29 is 21.6 Å². The zero-order valence-electron chi connectivity index (χ0n) is 14.1. The van der Waals surface area contributed by atoms with Crippen molar-refractivity contribution in [3.63, 3.8) is 0 Å². The Balaban J connectivity index is 0.000000550. The molecule has 140 valence electrons. The first-order chi connectivity index (χ1) is 11.3. The molecule has 7 nitrogen and oxygen atoms in total. The highest BCUT2D eigenvalue weighted by Gasteiger charge is 2.23. The van der Waals surface area contributed by atoms with E-state index in [-0.39, 0.29) is 6.42 Å². The maximum Gasteiger partial charge on any atom is 0.229 e. The summed E-state index contributed by atoms with van der Waals surface area (Å²) in [5.41, 5.74) is 6.82. The number of carbonyl (C=O) groups excluding carboxylic acids is 1. The van der Waals surface area contributed by atoms with Crippen molar-refractivity contribution in [1.82, 2.24) is 4.57 Å². The normalized spacial score (nSPS) is 13.1. The zero-order valence-corrected chi connectivity index (χ0v) is 16.5. The van der Waals surface area contributed by atoms with Gasteiger partial charge in [-0.05, 0) is 18.1 Å². The molecule has 0 aliphatic heterocycles. The van der Waals surface area contributed by atoms with Gasteiger partial charge < -0.3 is 10.3 Å². The predicted octanol–water partition coefficient (Wildman–Crippen LogP) is 1.81. The third kappa shape index (κ3) is 6.68. The molecule has 1 amide bonds. The molecule has 0 aliphatic rings. The lowest BCUT2D eigenvalue weighted by Gasteiger charge is -2.16. The van der Waals surface area contributed by atoms with Crippen molar-refractivity contribution in [3.05, 3.63) is 36.0 Å². The van der Waals surface area contributed by atoms with Crippen molar-refractivity contribution in [1.29, 1.82) is 0 Å². The molecule has 0 saturated heterocycles. The third-order valence-corrected chi connectivity index (χ3v) is 4.89. The largest absolute Gasteiger partial charge is 0.369 e. The number of benzene rings is 1. The van der Waals surface area contributed by atoms with E-state index < -0.39 is 30.2 Å². The van der Waals surface area contributed by atoms with Gasteiger partial charge in [-0.15, -0.1) is 0 Å². The van der Waals surface area contributed by atoms with Gasteiger partial charge in [0.1, 0.15) is 5.37 Å². The second-order valence-corrected chi connectivity index (χ2v) is 10.8. The van der Waals surface area contributed by atoms with Gasteiger partial charge >= 0.3 is 0 Å². The van der Waals surface area contributed by atoms with E-state index in [2.05, 4.69) is 10.7 Å². The number of primary amides is 1. The van der Waals surface area contributed by atoms with Crippen LogP contribution in [0.3, 0.4) is 0 Å². The highest BCUT2D eigenvalue weighted by atomic mass is 35.7. The molecule has 1 aromatic heterocycles. The number of para-hydroxylation sites is 1. The van der Waals surface area contributed by atoms with E-state index >= 15 is 0 Å². The van der Waals surface area contributed by atoms with Gasteiger partial charge in [0, 0.05) is 34.0 Å². The second-order valence-electron chi connectivity index (χ2n) is 5.60. The maximum absolute atomic E-state index is 11.9. The van der Waals surface area contributed by atoms with Crippen molar-refractivity contribution in [2.75, 3.05) is 12.5 Å². The zero-order chi connectivity index (χ0) is 19.4. The average Bonchev–Trinajstić information content (AvgIpc) is 2.75. The summed E-state index contributed by atoms with van der Waals surface area (Å²) in [5.74, 6) is -0.430. The lowest BCUT2D eigenvalue weighted by molar-refractivity contribution is -0.117. The predicted molar refractivity (Wildman–Crippen MR) is 99.7 cm³/mol. The maximum atomic E-state index is 11.9. The number of hydrogen-bond acceptors (Lipinski definition) is 5. The first-order valence-corrected chi connectivity index (χ1v) is 12.0. The van der Waals surface area contributed by atoms with Gasteiger partial charge in [0.15, 0.2) is 9.84 Å². The van der Waals surface area contributed by atoms with Crippen LogP contribution in [0.4, 0.5) is 0 Å². The highest BCUT2D eigenvalue weighted by Crippen LogP contribution is 2.29. The molecule has 0 fully saturated rings. The Bertz CT molecular complexity index is 957. The molecule has 0 radical (unpaired) electrons. The first-order valence-electron chi connectivity index (χ1n) is 7.29. The molecule has 0 spiro atoms. The molecule has 0 aliphatic carbocycles. The summed E-state index contributed by atoms with van der Waals surface area (Å²) in [7, 11) is -1.92. The number of nitrogens with zero attached hydrogens (tertiary/aromatic N) is 1. The number of sulfone groups is 1. The number of halogens is 1. The highest BCUT2D eigenvalue weighted by molar-refractivity contribution is 8.13. The lowest BCUT2D eigenvalue weighted by Crippen LogP contribution is -2.17. The van der Waals surface area contributed by atoms with E-state index in [4.69, 9.17) is 5.73 Å². The minimum atomic E-state index is -3.23. The van der Waals surface area contributed by atoms with Gasteiger partial charge in [0.2, 0.25) is 15.0 Å². The Labute approximate surface area is 152 Å². The van der Waals surface area contributed by atoms with E-state index in [0.29, 0.717) is 6.42 Å². The van der Waals surface area contributed by atoms with Crippen LogP contribution in [0, 0.1) is 0 Å².